The summed E-state index contributed by atoms with van der Waals surface area (Å²) < 4.78 is 0. The van der Waals surface area contributed by atoms with Crippen LogP contribution in [-0.2, 0) is 4.79 Å². The largest absolute Gasteiger partial charge is 0.356 e. The Morgan fingerprint density at radius 2 is 1.50 bits per heavy atom. The van der Waals surface area contributed by atoms with E-state index >= 15 is 0 Å². The Hall–Kier alpha value is -0.530. The third-order valence-corrected chi connectivity index (χ3v) is 3.57. The van der Waals surface area contributed by atoms with Crippen molar-refractivity contribution in [3.63, 3.8) is 0 Å². The summed E-state index contributed by atoms with van der Waals surface area (Å²) in [5.41, 5.74) is 0. The van der Waals surface area contributed by atoms with Crippen molar-refractivity contribution < 1.29 is 4.79 Å². The molecule has 2 nitrogen and oxygen atoms in total. The molecule has 0 aliphatic carbocycles. The maximum atomic E-state index is 11.8. The normalized spacial score (nSPS) is 12.4. The number of rotatable bonds is 12. The smallest absolute Gasteiger partial charge is 0.223 e. The van der Waals surface area contributed by atoms with Crippen molar-refractivity contribution in [3.8, 4) is 0 Å². The zero-order valence-corrected chi connectivity index (χ0v) is 12.8. The summed E-state index contributed by atoms with van der Waals surface area (Å²) in [7, 11) is 0. The monoisotopic (exact) mass is 255 g/mol. The third kappa shape index (κ3) is 9.49. The molecule has 0 saturated heterocycles. The highest BCUT2D eigenvalue weighted by Gasteiger charge is 2.14. The van der Waals surface area contributed by atoms with E-state index in [1.54, 1.807) is 0 Å². The molecule has 1 amide bonds. The van der Waals surface area contributed by atoms with Crippen LogP contribution in [-0.4, -0.2) is 12.5 Å². The summed E-state index contributed by atoms with van der Waals surface area (Å²) in [6.45, 7) is 7.29. The zero-order valence-electron chi connectivity index (χ0n) is 12.8. The highest BCUT2D eigenvalue weighted by Crippen LogP contribution is 2.15. The Labute approximate surface area is 114 Å². The first-order valence-corrected chi connectivity index (χ1v) is 8.03. The van der Waals surface area contributed by atoms with Gasteiger partial charge in [0.2, 0.25) is 5.91 Å². The van der Waals surface area contributed by atoms with Gasteiger partial charge in [0.15, 0.2) is 0 Å². The number of carbonyl (C=O) groups is 1. The van der Waals surface area contributed by atoms with Crippen molar-refractivity contribution in [2.75, 3.05) is 6.54 Å². The van der Waals surface area contributed by atoms with Gasteiger partial charge in [0, 0.05) is 12.5 Å². The van der Waals surface area contributed by atoms with Gasteiger partial charge in [-0.25, -0.2) is 0 Å². The molecule has 0 aromatic heterocycles. The topological polar surface area (TPSA) is 29.1 Å². The minimum Gasteiger partial charge on any atom is -0.356 e. The van der Waals surface area contributed by atoms with Crippen LogP contribution in [0, 0.1) is 5.92 Å². The van der Waals surface area contributed by atoms with Gasteiger partial charge < -0.3 is 5.32 Å². The second kappa shape index (κ2) is 12.9. The number of hydrogen-bond acceptors (Lipinski definition) is 1. The maximum absolute atomic E-state index is 11.8. The van der Waals surface area contributed by atoms with Gasteiger partial charge in [0.05, 0.1) is 0 Å². The fraction of sp³-hybridized carbons (Fsp3) is 0.938. The van der Waals surface area contributed by atoms with Gasteiger partial charge in [-0.15, -0.1) is 0 Å². The lowest BCUT2D eigenvalue weighted by Gasteiger charge is -2.14. The van der Waals surface area contributed by atoms with Crippen LogP contribution in [0.4, 0.5) is 0 Å². The lowest BCUT2D eigenvalue weighted by atomic mass is 9.97. The number of nitrogens with one attached hydrogen (secondary N) is 1. The van der Waals surface area contributed by atoms with E-state index in [0.29, 0.717) is 0 Å². The molecule has 0 aromatic rings. The molecule has 0 fully saturated rings. The van der Waals surface area contributed by atoms with Crippen molar-refractivity contribution in [2.45, 2.75) is 85.0 Å². The molecule has 0 aliphatic rings. The second-order valence-electron chi connectivity index (χ2n) is 5.31. The van der Waals surface area contributed by atoms with E-state index in [2.05, 4.69) is 26.1 Å². The average Bonchev–Trinajstić information content (AvgIpc) is 2.39. The molecule has 0 radical (unpaired) electrons. The summed E-state index contributed by atoms with van der Waals surface area (Å²) in [5.74, 6) is 0.512. The maximum Gasteiger partial charge on any atom is 0.223 e. The molecule has 0 spiro atoms. The second-order valence-corrected chi connectivity index (χ2v) is 5.31. The van der Waals surface area contributed by atoms with Crippen molar-refractivity contribution in [1.82, 2.24) is 5.32 Å². The fourth-order valence-corrected chi connectivity index (χ4v) is 2.26. The van der Waals surface area contributed by atoms with E-state index in [4.69, 9.17) is 0 Å². The number of carbonyl (C=O) groups excluding carboxylic acids is 1. The predicted molar refractivity (Wildman–Crippen MR) is 79.7 cm³/mol. The van der Waals surface area contributed by atoms with E-state index < -0.39 is 0 Å². The van der Waals surface area contributed by atoms with Crippen LogP contribution in [0.25, 0.3) is 0 Å². The summed E-state index contributed by atoms with van der Waals surface area (Å²) in [5, 5.41) is 3.01. The first-order valence-electron chi connectivity index (χ1n) is 8.03. The SMILES string of the molecule is CCCCCCCCC[C@@H](CC)C(=O)NCCC. The Morgan fingerprint density at radius 3 is 2.06 bits per heavy atom. The first kappa shape index (κ1) is 17.5. The molecule has 2 heteroatoms. The highest BCUT2D eigenvalue weighted by atomic mass is 16.1. The molecular formula is C16H33NO. The van der Waals surface area contributed by atoms with Gasteiger partial charge in [-0.05, 0) is 19.3 Å². The van der Waals surface area contributed by atoms with Gasteiger partial charge in [0.25, 0.3) is 0 Å². The molecule has 0 aromatic carbocycles. The molecule has 0 unspecified atom stereocenters. The molecule has 0 bridgehead atoms. The molecule has 0 aliphatic heterocycles. The summed E-state index contributed by atoms with van der Waals surface area (Å²) in [6.07, 6.45) is 12.4. The summed E-state index contributed by atoms with van der Waals surface area (Å²) >= 11 is 0. The minimum atomic E-state index is 0.243. The van der Waals surface area contributed by atoms with E-state index in [-0.39, 0.29) is 11.8 Å². The van der Waals surface area contributed by atoms with Gasteiger partial charge in [-0.1, -0.05) is 65.7 Å². The van der Waals surface area contributed by atoms with Crippen molar-refractivity contribution >= 4 is 5.91 Å². The molecule has 108 valence electrons. The fourth-order valence-electron chi connectivity index (χ4n) is 2.26. The molecule has 18 heavy (non-hydrogen) atoms. The highest BCUT2D eigenvalue weighted by molar-refractivity contribution is 5.78. The lowest BCUT2D eigenvalue weighted by Crippen LogP contribution is -2.30. The minimum absolute atomic E-state index is 0.243. The quantitative estimate of drug-likeness (QED) is 0.504. The molecule has 0 heterocycles. The van der Waals surface area contributed by atoms with Gasteiger partial charge >= 0.3 is 0 Å². The lowest BCUT2D eigenvalue weighted by molar-refractivity contribution is -0.125. The van der Waals surface area contributed by atoms with E-state index in [9.17, 15) is 4.79 Å². The van der Waals surface area contributed by atoms with Crippen LogP contribution in [0.2, 0.25) is 0 Å². The van der Waals surface area contributed by atoms with E-state index in [0.717, 1.165) is 25.8 Å². The average molecular weight is 255 g/mol. The van der Waals surface area contributed by atoms with Crippen LogP contribution in [0.1, 0.15) is 85.0 Å². The van der Waals surface area contributed by atoms with Gasteiger partial charge in [0.1, 0.15) is 0 Å². The van der Waals surface area contributed by atoms with Gasteiger partial charge in [-0.2, -0.15) is 0 Å². The Bertz CT molecular complexity index is 192. The molecular weight excluding hydrogens is 222 g/mol. The molecule has 1 N–H and O–H groups in total. The van der Waals surface area contributed by atoms with Crippen molar-refractivity contribution in [3.05, 3.63) is 0 Å². The molecule has 1 atom stereocenters. The first-order chi connectivity index (χ1) is 8.76. The summed E-state index contributed by atoms with van der Waals surface area (Å²) in [4.78, 5) is 11.8. The molecule has 0 saturated carbocycles. The van der Waals surface area contributed by atoms with Crippen LogP contribution < -0.4 is 5.32 Å². The number of hydrogen-bond donors (Lipinski definition) is 1. The van der Waals surface area contributed by atoms with Crippen LogP contribution in [0.5, 0.6) is 0 Å². The Morgan fingerprint density at radius 1 is 0.889 bits per heavy atom. The van der Waals surface area contributed by atoms with E-state index in [1.165, 1.54) is 44.9 Å². The number of unbranched alkanes of at least 4 members (excludes halogenated alkanes) is 6. The Kier molecular flexibility index (Phi) is 12.5. The zero-order chi connectivity index (χ0) is 13.6. The predicted octanol–water partition coefficient (Wildman–Crippen LogP) is 4.68. The van der Waals surface area contributed by atoms with Gasteiger partial charge in [-0.3, -0.25) is 4.79 Å². The Balaban J connectivity index is 3.52. The van der Waals surface area contributed by atoms with Crippen LogP contribution >= 0.6 is 0 Å². The van der Waals surface area contributed by atoms with E-state index in [1.807, 2.05) is 0 Å². The van der Waals surface area contributed by atoms with Crippen molar-refractivity contribution in [1.29, 1.82) is 0 Å². The van der Waals surface area contributed by atoms with Crippen LogP contribution in [0.15, 0.2) is 0 Å². The third-order valence-electron chi connectivity index (χ3n) is 3.57. The standard InChI is InChI=1S/C16H33NO/c1-4-7-8-9-10-11-12-13-15(6-3)16(18)17-14-5-2/h15H,4-14H2,1-3H3,(H,17,18)/t15-/m1/s1. The van der Waals surface area contributed by atoms with Crippen molar-refractivity contribution in [2.24, 2.45) is 5.92 Å². The summed E-state index contributed by atoms with van der Waals surface area (Å²) in [6, 6.07) is 0. The number of amides is 1. The van der Waals surface area contributed by atoms with Crippen LogP contribution in [0.3, 0.4) is 0 Å². The molecule has 0 rings (SSSR count).